The predicted molar refractivity (Wildman–Crippen MR) is 127 cm³/mol. The second-order valence-electron chi connectivity index (χ2n) is 8.72. The molecule has 0 fully saturated rings. The molecule has 176 valence electrons. The third kappa shape index (κ3) is 3.45. The van der Waals surface area contributed by atoms with E-state index in [-0.39, 0.29) is 11.7 Å². The lowest BCUT2D eigenvalue weighted by Gasteiger charge is -2.13. The number of nitrogens with one attached hydrogen (secondary N) is 2. The highest BCUT2D eigenvalue weighted by Crippen LogP contribution is 2.34. The minimum absolute atomic E-state index is 0.0825. The summed E-state index contributed by atoms with van der Waals surface area (Å²) in [5.74, 6) is -0.445. The Labute approximate surface area is 199 Å². The number of nitrogens with zero attached hydrogens (tertiary/aromatic N) is 5. The van der Waals surface area contributed by atoms with Crippen molar-refractivity contribution in [2.75, 3.05) is 0 Å². The summed E-state index contributed by atoms with van der Waals surface area (Å²) < 4.78 is 15.7. The van der Waals surface area contributed by atoms with Crippen LogP contribution in [0.5, 0.6) is 5.75 Å². The summed E-state index contributed by atoms with van der Waals surface area (Å²) in [5, 5.41) is 22.2. The molecule has 0 radical (unpaired) electrons. The van der Waals surface area contributed by atoms with E-state index in [1.807, 2.05) is 25.1 Å². The van der Waals surface area contributed by atoms with Gasteiger partial charge in [0, 0.05) is 18.6 Å². The van der Waals surface area contributed by atoms with Crippen molar-refractivity contribution in [2.24, 2.45) is 7.05 Å². The Morgan fingerprint density at radius 1 is 1.23 bits per heavy atom. The van der Waals surface area contributed by atoms with Gasteiger partial charge in [-0.05, 0) is 47.4 Å². The number of aromatic hydroxyl groups is 1. The van der Waals surface area contributed by atoms with Gasteiger partial charge in [-0.3, -0.25) is 14.6 Å². The number of phenolic OH excluding ortho intramolecular Hbond substituents is 1. The maximum atomic E-state index is 14.1. The number of hydrogen-bond donors (Lipinski definition) is 3. The average Bonchev–Trinajstić information content (AvgIpc) is 3.62. The summed E-state index contributed by atoms with van der Waals surface area (Å²) >= 11 is 0. The summed E-state index contributed by atoms with van der Waals surface area (Å²) in [4.78, 5) is 22.5. The first-order valence-electron chi connectivity index (χ1n) is 11.3. The molecule has 0 saturated carbocycles. The number of amides is 1. The van der Waals surface area contributed by atoms with Crippen LogP contribution in [0.25, 0.3) is 33.5 Å². The quantitative estimate of drug-likeness (QED) is 0.368. The number of H-pyrrole nitrogens is 2. The second-order valence-corrected chi connectivity index (χ2v) is 8.72. The summed E-state index contributed by atoms with van der Waals surface area (Å²) in [6.07, 6.45) is 3.93. The summed E-state index contributed by atoms with van der Waals surface area (Å²) in [5.41, 5.74) is 6.14. The highest BCUT2D eigenvalue weighted by molar-refractivity contribution is 5.95. The summed E-state index contributed by atoms with van der Waals surface area (Å²) in [7, 11) is 1.78. The molecule has 2 aromatic carbocycles. The van der Waals surface area contributed by atoms with E-state index < -0.39 is 5.82 Å². The van der Waals surface area contributed by atoms with Gasteiger partial charge < -0.3 is 15.0 Å². The SMILES string of the molecule is CCc1cc(O)c(F)cc1-c1ccc2c(-c3nc4c([nH]3)CN(C(=O)c3cnn(C)c3)C4)n[nH]c2c1. The molecule has 35 heavy (non-hydrogen) atoms. The van der Waals surface area contributed by atoms with E-state index in [1.54, 1.807) is 29.0 Å². The van der Waals surface area contributed by atoms with Crippen LogP contribution in [0.3, 0.4) is 0 Å². The Kier molecular flexibility index (Phi) is 4.70. The van der Waals surface area contributed by atoms with Crippen LogP contribution in [0, 0.1) is 5.82 Å². The number of carbonyl (C=O) groups excluding carboxylic acids is 1. The zero-order valence-electron chi connectivity index (χ0n) is 19.1. The molecule has 6 rings (SSSR count). The standard InChI is InChI=1S/C25H22FN7O2/c1-3-13-7-22(34)18(26)8-17(13)14-4-5-16-19(6-14)30-31-23(16)24-28-20-11-33(12-21(20)29-24)25(35)15-9-27-32(2)10-15/h4-10,34H,3,11-12H2,1-2H3,(H,28,29)(H,30,31). The molecule has 0 saturated heterocycles. The van der Waals surface area contributed by atoms with Crippen molar-refractivity contribution in [2.45, 2.75) is 26.4 Å². The first-order chi connectivity index (χ1) is 16.9. The van der Waals surface area contributed by atoms with E-state index in [2.05, 4.69) is 20.3 Å². The van der Waals surface area contributed by atoms with E-state index in [9.17, 15) is 14.3 Å². The van der Waals surface area contributed by atoms with Gasteiger partial charge in [-0.1, -0.05) is 13.0 Å². The molecule has 0 spiro atoms. The number of aromatic amines is 2. The van der Waals surface area contributed by atoms with Gasteiger partial charge in [-0.15, -0.1) is 0 Å². The van der Waals surface area contributed by atoms with Crippen LogP contribution >= 0.6 is 0 Å². The molecule has 9 nitrogen and oxygen atoms in total. The number of aromatic nitrogens is 6. The Hall–Kier alpha value is -4.47. The smallest absolute Gasteiger partial charge is 0.257 e. The Balaban J connectivity index is 1.29. The molecule has 10 heteroatoms. The average molecular weight is 471 g/mol. The summed E-state index contributed by atoms with van der Waals surface area (Å²) in [6, 6.07) is 8.60. The molecule has 0 bridgehead atoms. The van der Waals surface area contributed by atoms with E-state index >= 15 is 0 Å². The second kappa shape index (κ2) is 7.79. The summed E-state index contributed by atoms with van der Waals surface area (Å²) in [6.45, 7) is 2.82. The molecule has 3 aromatic heterocycles. The molecular weight excluding hydrogens is 449 g/mol. The lowest BCUT2D eigenvalue weighted by atomic mass is 9.96. The van der Waals surface area contributed by atoms with Gasteiger partial charge >= 0.3 is 0 Å². The molecular formula is C25H22FN7O2. The fraction of sp³-hybridized carbons (Fsp3) is 0.200. The number of phenols is 1. The van der Waals surface area contributed by atoms with Gasteiger partial charge in [0.1, 0.15) is 5.69 Å². The van der Waals surface area contributed by atoms with Gasteiger partial charge in [0.05, 0.1) is 41.8 Å². The van der Waals surface area contributed by atoms with Crippen LogP contribution in [-0.2, 0) is 26.6 Å². The maximum absolute atomic E-state index is 14.1. The van der Waals surface area contributed by atoms with Gasteiger partial charge in [-0.25, -0.2) is 9.37 Å². The van der Waals surface area contributed by atoms with Crippen molar-refractivity contribution < 1.29 is 14.3 Å². The van der Waals surface area contributed by atoms with E-state index in [0.29, 0.717) is 36.6 Å². The number of aryl methyl sites for hydroxylation is 2. The molecule has 0 aliphatic carbocycles. The number of rotatable bonds is 4. The minimum Gasteiger partial charge on any atom is -0.505 e. The van der Waals surface area contributed by atoms with Crippen LogP contribution in [-0.4, -0.2) is 45.9 Å². The first-order valence-corrected chi connectivity index (χ1v) is 11.3. The number of hydrogen-bond acceptors (Lipinski definition) is 5. The fourth-order valence-corrected chi connectivity index (χ4v) is 4.64. The van der Waals surface area contributed by atoms with Crippen LogP contribution in [0.2, 0.25) is 0 Å². The molecule has 1 aliphatic rings. The van der Waals surface area contributed by atoms with Gasteiger partial charge in [0.2, 0.25) is 0 Å². The number of imidazole rings is 1. The van der Waals surface area contributed by atoms with Gasteiger partial charge in [-0.2, -0.15) is 10.2 Å². The number of fused-ring (bicyclic) bond motifs is 2. The normalized spacial score (nSPS) is 13.1. The van der Waals surface area contributed by atoms with E-state index in [0.717, 1.165) is 39.0 Å². The highest BCUT2D eigenvalue weighted by atomic mass is 19.1. The Bertz CT molecular complexity index is 1590. The van der Waals surface area contributed by atoms with Crippen molar-refractivity contribution in [3.63, 3.8) is 0 Å². The molecule has 5 aromatic rings. The lowest BCUT2D eigenvalue weighted by Crippen LogP contribution is -2.25. The molecule has 4 heterocycles. The lowest BCUT2D eigenvalue weighted by molar-refractivity contribution is 0.0748. The topological polar surface area (TPSA) is 116 Å². The predicted octanol–water partition coefficient (Wildman–Crippen LogP) is 3.92. The van der Waals surface area contributed by atoms with Crippen molar-refractivity contribution >= 4 is 16.8 Å². The Morgan fingerprint density at radius 2 is 2.09 bits per heavy atom. The maximum Gasteiger partial charge on any atom is 0.257 e. The van der Waals surface area contributed by atoms with Gasteiger partial charge in [0.15, 0.2) is 17.4 Å². The van der Waals surface area contributed by atoms with Crippen LogP contribution < -0.4 is 0 Å². The van der Waals surface area contributed by atoms with Crippen molar-refractivity contribution in [1.29, 1.82) is 0 Å². The zero-order valence-corrected chi connectivity index (χ0v) is 19.1. The molecule has 0 atom stereocenters. The first kappa shape index (κ1) is 21.1. The third-order valence-corrected chi connectivity index (χ3v) is 6.44. The number of halogens is 1. The molecule has 1 aliphatic heterocycles. The van der Waals surface area contributed by atoms with E-state index in [4.69, 9.17) is 4.98 Å². The Morgan fingerprint density at radius 3 is 2.83 bits per heavy atom. The fourth-order valence-electron chi connectivity index (χ4n) is 4.64. The number of carbonyl (C=O) groups is 1. The van der Waals surface area contributed by atoms with Crippen LogP contribution in [0.1, 0.15) is 34.2 Å². The van der Waals surface area contributed by atoms with Crippen molar-refractivity contribution in [3.05, 3.63) is 71.1 Å². The number of benzene rings is 2. The van der Waals surface area contributed by atoms with Crippen molar-refractivity contribution in [3.8, 4) is 28.4 Å². The molecule has 1 amide bonds. The van der Waals surface area contributed by atoms with E-state index in [1.165, 1.54) is 12.1 Å². The minimum atomic E-state index is -0.649. The zero-order chi connectivity index (χ0) is 24.3. The molecule has 3 N–H and O–H groups in total. The van der Waals surface area contributed by atoms with Crippen molar-refractivity contribution in [1.82, 2.24) is 34.8 Å². The highest BCUT2D eigenvalue weighted by Gasteiger charge is 2.29. The van der Waals surface area contributed by atoms with Gasteiger partial charge in [0.25, 0.3) is 5.91 Å². The largest absolute Gasteiger partial charge is 0.505 e. The molecule has 0 unspecified atom stereocenters. The van der Waals surface area contributed by atoms with Crippen LogP contribution in [0.15, 0.2) is 42.7 Å². The monoisotopic (exact) mass is 471 g/mol. The van der Waals surface area contributed by atoms with Crippen LogP contribution in [0.4, 0.5) is 4.39 Å². The third-order valence-electron chi connectivity index (χ3n) is 6.44.